The summed E-state index contributed by atoms with van der Waals surface area (Å²) >= 11 is 0. The maximum atomic E-state index is 9.89. The summed E-state index contributed by atoms with van der Waals surface area (Å²) in [5, 5.41) is 17.8. The van der Waals surface area contributed by atoms with Crippen molar-refractivity contribution in [2.75, 3.05) is 13.2 Å². The molecule has 0 spiro atoms. The molecule has 6 nitrogen and oxygen atoms in total. The summed E-state index contributed by atoms with van der Waals surface area (Å²) in [4.78, 5) is 4.39. The third kappa shape index (κ3) is 3.30. The number of ether oxygens (including phenoxy) is 1. The summed E-state index contributed by atoms with van der Waals surface area (Å²) in [6.45, 7) is 8.23. The van der Waals surface area contributed by atoms with Crippen molar-refractivity contribution in [2.24, 2.45) is 13.0 Å². The van der Waals surface area contributed by atoms with E-state index in [-0.39, 0.29) is 11.9 Å². The Morgan fingerprint density at radius 3 is 2.83 bits per heavy atom. The highest BCUT2D eigenvalue weighted by Crippen LogP contribution is 2.37. The van der Waals surface area contributed by atoms with Crippen molar-refractivity contribution >= 4 is 0 Å². The van der Waals surface area contributed by atoms with Gasteiger partial charge in [-0.25, -0.2) is 0 Å². The summed E-state index contributed by atoms with van der Waals surface area (Å²) in [6.07, 6.45) is 1.11. The van der Waals surface area contributed by atoms with E-state index in [1.54, 1.807) is 6.07 Å². The predicted molar refractivity (Wildman–Crippen MR) is 91.8 cm³/mol. The molecule has 1 fully saturated rings. The van der Waals surface area contributed by atoms with Crippen LogP contribution in [0.25, 0.3) is 0 Å². The van der Waals surface area contributed by atoms with Crippen LogP contribution in [-0.4, -0.2) is 33.0 Å². The van der Waals surface area contributed by atoms with E-state index in [1.165, 1.54) is 11.3 Å². The fraction of sp³-hybridized carbons (Fsp3) is 0.556. The van der Waals surface area contributed by atoms with Gasteiger partial charge in [-0.3, -0.25) is 9.67 Å². The fourth-order valence-electron chi connectivity index (χ4n) is 3.47. The Morgan fingerprint density at radius 2 is 2.12 bits per heavy atom. The van der Waals surface area contributed by atoms with Crippen LogP contribution in [0.2, 0.25) is 0 Å². The zero-order chi connectivity index (χ0) is 17.3. The number of nitrogens with zero attached hydrogens (tertiary/aromatic N) is 3. The van der Waals surface area contributed by atoms with E-state index in [1.807, 2.05) is 31.6 Å². The van der Waals surface area contributed by atoms with E-state index in [0.29, 0.717) is 18.2 Å². The minimum Gasteiger partial charge on any atom is -0.506 e. The molecule has 6 heteroatoms. The Hall–Kier alpha value is -1.92. The lowest BCUT2D eigenvalue weighted by Gasteiger charge is -2.20. The maximum Gasteiger partial charge on any atom is 0.138 e. The Balaban J connectivity index is 1.65. The van der Waals surface area contributed by atoms with Crippen LogP contribution in [-0.2, 0) is 18.3 Å². The number of aromatic hydroxyl groups is 1. The van der Waals surface area contributed by atoms with Gasteiger partial charge in [0.2, 0.25) is 0 Å². The van der Waals surface area contributed by atoms with Crippen molar-refractivity contribution in [1.82, 2.24) is 20.1 Å². The maximum absolute atomic E-state index is 9.89. The van der Waals surface area contributed by atoms with E-state index in [0.717, 1.165) is 31.0 Å². The van der Waals surface area contributed by atoms with E-state index in [2.05, 4.69) is 22.3 Å². The number of pyridine rings is 1. The summed E-state index contributed by atoms with van der Waals surface area (Å²) in [6, 6.07) is 3.51. The summed E-state index contributed by atoms with van der Waals surface area (Å²) < 4.78 is 7.94. The molecule has 1 saturated heterocycles. The van der Waals surface area contributed by atoms with Crippen LogP contribution < -0.4 is 5.32 Å². The molecule has 130 valence electrons. The molecule has 2 atom stereocenters. The number of rotatable bonds is 5. The van der Waals surface area contributed by atoms with Gasteiger partial charge in [0.05, 0.1) is 17.5 Å². The smallest absolute Gasteiger partial charge is 0.138 e. The van der Waals surface area contributed by atoms with Crippen LogP contribution in [0.1, 0.15) is 40.9 Å². The second kappa shape index (κ2) is 6.91. The van der Waals surface area contributed by atoms with E-state index >= 15 is 0 Å². The molecule has 3 heterocycles. The molecular formula is C18H26N4O2. The molecule has 0 aliphatic carbocycles. The number of nitrogens with one attached hydrogen (secondary N) is 1. The lowest BCUT2D eigenvalue weighted by Crippen LogP contribution is -2.25. The highest BCUT2D eigenvalue weighted by molar-refractivity contribution is 5.29. The molecule has 0 unspecified atom stereocenters. The summed E-state index contributed by atoms with van der Waals surface area (Å²) in [7, 11) is 1.97. The average Bonchev–Trinajstić information content (AvgIpc) is 3.08. The van der Waals surface area contributed by atoms with Gasteiger partial charge in [0.15, 0.2) is 0 Å². The van der Waals surface area contributed by atoms with Gasteiger partial charge in [0.25, 0.3) is 0 Å². The molecule has 1 aliphatic rings. The van der Waals surface area contributed by atoms with Crippen LogP contribution in [0.4, 0.5) is 0 Å². The minimum absolute atomic E-state index is 0.0882. The van der Waals surface area contributed by atoms with Crippen LogP contribution in [0.15, 0.2) is 12.1 Å². The minimum atomic E-state index is 0.0882. The first kappa shape index (κ1) is 16.9. The van der Waals surface area contributed by atoms with E-state index in [9.17, 15) is 5.11 Å². The number of aryl methyl sites for hydroxylation is 3. The van der Waals surface area contributed by atoms with Crippen molar-refractivity contribution in [2.45, 2.75) is 39.8 Å². The van der Waals surface area contributed by atoms with Gasteiger partial charge in [-0.05, 0) is 39.3 Å². The molecule has 0 radical (unpaired) electrons. The zero-order valence-corrected chi connectivity index (χ0v) is 14.8. The molecule has 0 amide bonds. The molecule has 24 heavy (non-hydrogen) atoms. The SMILES string of the molecule is Cc1ccc(O)c(CNC[C@H]2CCO[C@@H]2c2c(C)nn(C)c2C)n1. The fourth-order valence-corrected chi connectivity index (χ4v) is 3.47. The zero-order valence-electron chi connectivity index (χ0n) is 14.8. The monoisotopic (exact) mass is 330 g/mol. The molecule has 3 rings (SSSR count). The number of hydrogen-bond donors (Lipinski definition) is 2. The molecule has 0 bridgehead atoms. The van der Waals surface area contributed by atoms with Gasteiger partial charge in [-0.1, -0.05) is 0 Å². The summed E-state index contributed by atoms with van der Waals surface area (Å²) in [5.74, 6) is 0.643. The second-order valence-corrected chi connectivity index (χ2v) is 6.60. The molecule has 1 aliphatic heterocycles. The molecule has 2 N–H and O–H groups in total. The topological polar surface area (TPSA) is 72.2 Å². The molecule has 2 aromatic heterocycles. The largest absolute Gasteiger partial charge is 0.506 e. The molecular weight excluding hydrogens is 304 g/mol. The van der Waals surface area contributed by atoms with Gasteiger partial charge >= 0.3 is 0 Å². The van der Waals surface area contributed by atoms with E-state index < -0.39 is 0 Å². The van der Waals surface area contributed by atoms with Gasteiger partial charge in [0, 0.05) is 49.6 Å². The van der Waals surface area contributed by atoms with Crippen LogP contribution >= 0.6 is 0 Å². The van der Waals surface area contributed by atoms with Gasteiger partial charge < -0.3 is 15.2 Å². The summed E-state index contributed by atoms with van der Waals surface area (Å²) in [5.41, 5.74) is 5.04. The Kier molecular flexibility index (Phi) is 4.87. The first-order chi connectivity index (χ1) is 11.5. The predicted octanol–water partition coefficient (Wildman–Crippen LogP) is 2.31. The normalized spacial score (nSPS) is 20.7. The van der Waals surface area contributed by atoms with Crippen molar-refractivity contribution in [3.8, 4) is 5.75 Å². The first-order valence-electron chi connectivity index (χ1n) is 8.45. The van der Waals surface area contributed by atoms with E-state index in [4.69, 9.17) is 4.74 Å². The van der Waals surface area contributed by atoms with Gasteiger partial charge in [-0.15, -0.1) is 0 Å². The van der Waals surface area contributed by atoms with Crippen molar-refractivity contribution in [3.63, 3.8) is 0 Å². The lowest BCUT2D eigenvalue weighted by atomic mass is 9.94. The first-order valence-corrected chi connectivity index (χ1v) is 8.45. The molecule has 0 aromatic carbocycles. The van der Waals surface area contributed by atoms with Crippen LogP contribution in [0, 0.1) is 26.7 Å². The second-order valence-electron chi connectivity index (χ2n) is 6.60. The number of aromatic nitrogens is 3. The Bertz CT molecular complexity index is 726. The van der Waals surface area contributed by atoms with Crippen molar-refractivity contribution < 1.29 is 9.84 Å². The van der Waals surface area contributed by atoms with Crippen molar-refractivity contribution in [3.05, 3.63) is 40.5 Å². The van der Waals surface area contributed by atoms with Crippen LogP contribution in [0.5, 0.6) is 5.75 Å². The highest BCUT2D eigenvalue weighted by Gasteiger charge is 2.33. The average molecular weight is 330 g/mol. The Labute approximate surface area is 142 Å². The van der Waals surface area contributed by atoms with Gasteiger partial charge in [0.1, 0.15) is 5.75 Å². The quantitative estimate of drug-likeness (QED) is 0.880. The molecule has 0 saturated carbocycles. The van der Waals surface area contributed by atoms with Crippen LogP contribution in [0.3, 0.4) is 0 Å². The third-order valence-corrected chi connectivity index (χ3v) is 4.85. The lowest BCUT2D eigenvalue weighted by molar-refractivity contribution is 0.0893. The number of hydrogen-bond acceptors (Lipinski definition) is 5. The standard InChI is InChI=1S/C18H26N4O2/c1-11-5-6-16(23)15(20-11)10-19-9-14-7-8-24-18(14)17-12(2)21-22(4)13(17)3/h5-6,14,18-19,23H,7-10H2,1-4H3/t14-,18+/m1/s1. The molecule has 2 aromatic rings. The Morgan fingerprint density at radius 1 is 1.33 bits per heavy atom. The third-order valence-electron chi connectivity index (χ3n) is 4.85. The van der Waals surface area contributed by atoms with Crippen molar-refractivity contribution in [1.29, 1.82) is 0 Å². The highest BCUT2D eigenvalue weighted by atomic mass is 16.5. The van der Waals surface area contributed by atoms with Gasteiger partial charge in [-0.2, -0.15) is 5.10 Å².